The van der Waals surface area contributed by atoms with E-state index in [-0.39, 0.29) is 25.1 Å². The summed E-state index contributed by atoms with van der Waals surface area (Å²) >= 11 is 6.30. The summed E-state index contributed by atoms with van der Waals surface area (Å²) in [4.78, 5) is 15.6. The quantitative estimate of drug-likeness (QED) is 0.436. The minimum atomic E-state index is -0.186. The summed E-state index contributed by atoms with van der Waals surface area (Å²) in [6, 6.07) is 11.4. The predicted molar refractivity (Wildman–Crippen MR) is 133 cm³/mol. The van der Waals surface area contributed by atoms with Crippen LogP contribution in [0.3, 0.4) is 0 Å². The van der Waals surface area contributed by atoms with Gasteiger partial charge in [0.1, 0.15) is 24.0 Å². The second-order valence-electron chi connectivity index (χ2n) is 9.35. The fourth-order valence-corrected chi connectivity index (χ4v) is 5.40. The van der Waals surface area contributed by atoms with Crippen LogP contribution < -0.4 is 23.7 Å². The number of benzene rings is 3. The third-order valence-corrected chi connectivity index (χ3v) is 7.05. The van der Waals surface area contributed by atoms with Crippen LogP contribution in [0.15, 0.2) is 42.2 Å². The van der Waals surface area contributed by atoms with Gasteiger partial charge in [-0.15, -0.1) is 0 Å². The first kappa shape index (κ1) is 22.5. The Bertz CT molecular complexity index is 1500. The summed E-state index contributed by atoms with van der Waals surface area (Å²) in [6.07, 6.45) is 1.68. The Morgan fingerprint density at radius 1 is 0.946 bits per heavy atom. The fourth-order valence-electron chi connectivity index (χ4n) is 5.15. The standard InChI is InChI=1S/C28H22ClNO7/c1-15-26-18(10-30(12-33-26)9-16-2-3-22-23(4-16)35-14-34-22)7-21-25(31)24(37-27(15)21)8-17-5-20(29)6-19-11-32-13-36-28(17)19/h2-8H,9-14H2,1H3/b24-8-. The van der Waals surface area contributed by atoms with Crippen molar-refractivity contribution in [3.63, 3.8) is 0 Å². The van der Waals surface area contributed by atoms with E-state index in [4.69, 9.17) is 40.0 Å². The maximum atomic E-state index is 13.4. The molecule has 188 valence electrons. The minimum absolute atomic E-state index is 0.145. The van der Waals surface area contributed by atoms with Crippen LogP contribution in [0.1, 0.15) is 38.2 Å². The molecule has 0 fully saturated rings. The molecule has 7 rings (SSSR count). The first-order chi connectivity index (χ1) is 18.0. The number of halogens is 1. The van der Waals surface area contributed by atoms with Crippen LogP contribution in [0.4, 0.5) is 0 Å². The molecule has 37 heavy (non-hydrogen) atoms. The van der Waals surface area contributed by atoms with Crippen LogP contribution in [0.5, 0.6) is 28.7 Å². The van der Waals surface area contributed by atoms with Crippen molar-refractivity contribution in [2.75, 3.05) is 20.3 Å². The van der Waals surface area contributed by atoms with Crippen molar-refractivity contribution in [3.05, 3.63) is 80.6 Å². The van der Waals surface area contributed by atoms with Gasteiger partial charge in [-0.25, -0.2) is 0 Å². The topological polar surface area (TPSA) is 75.7 Å². The maximum absolute atomic E-state index is 13.4. The van der Waals surface area contributed by atoms with Gasteiger partial charge in [-0.05, 0) is 48.9 Å². The highest BCUT2D eigenvalue weighted by atomic mass is 35.5. The molecule has 0 aliphatic carbocycles. The molecule has 0 N–H and O–H groups in total. The molecule has 3 aromatic carbocycles. The van der Waals surface area contributed by atoms with Crippen LogP contribution in [0, 0.1) is 6.92 Å². The number of hydrogen-bond acceptors (Lipinski definition) is 8. The van der Waals surface area contributed by atoms with E-state index in [1.165, 1.54) is 0 Å². The Labute approximate surface area is 217 Å². The van der Waals surface area contributed by atoms with E-state index in [2.05, 4.69) is 4.90 Å². The fraction of sp³-hybridized carbons (Fsp3) is 0.250. The minimum Gasteiger partial charge on any atom is -0.477 e. The van der Waals surface area contributed by atoms with Crippen molar-refractivity contribution in [3.8, 4) is 28.7 Å². The van der Waals surface area contributed by atoms with Crippen molar-refractivity contribution in [1.82, 2.24) is 4.90 Å². The Balaban J connectivity index is 1.16. The van der Waals surface area contributed by atoms with Gasteiger partial charge < -0.3 is 28.4 Å². The molecule has 4 heterocycles. The van der Waals surface area contributed by atoms with Crippen molar-refractivity contribution >= 4 is 23.5 Å². The third-order valence-electron chi connectivity index (χ3n) is 6.84. The lowest BCUT2D eigenvalue weighted by molar-refractivity contribution is -0.0165. The summed E-state index contributed by atoms with van der Waals surface area (Å²) in [5, 5.41) is 0.533. The van der Waals surface area contributed by atoms with Gasteiger partial charge in [-0.3, -0.25) is 9.69 Å². The van der Waals surface area contributed by atoms with Crippen molar-refractivity contribution < 1.29 is 33.2 Å². The Kier molecular flexibility index (Phi) is 5.28. The average Bonchev–Trinajstić information content (AvgIpc) is 3.48. The van der Waals surface area contributed by atoms with E-state index < -0.39 is 0 Å². The summed E-state index contributed by atoms with van der Waals surface area (Å²) < 4.78 is 34.2. The zero-order valence-corrected chi connectivity index (χ0v) is 20.7. The molecule has 0 spiro atoms. The van der Waals surface area contributed by atoms with E-state index in [0.717, 1.165) is 39.5 Å². The van der Waals surface area contributed by atoms with Crippen LogP contribution in [-0.4, -0.2) is 31.0 Å². The van der Waals surface area contributed by atoms with Crippen LogP contribution >= 0.6 is 11.6 Å². The maximum Gasteiger partial charge on any atom is 0.231 e. The first-order valence-electron chi connectivity index (χ1n) is 11.9. The van der Waals surface area contributed by atoms with E-state index in [9.17, 15) is 4.79 Å². The molecule has 0 amide bonds. The van der Waals surface area contributed by atoms with Gasteiger partial charge in [0.2, 0.25) is 12.6 Å². The van der Waals surface area contributed by atoms with E-state index >= 15 is 0 Å². The SMILES string of the molecule is Cc1c2c(cc3c1O/C(=C\c1cc(Cl)cc4c1OCOC4)C3=O)CN(Cc1ccc3c(c1)OCO3)CO2. The number of fused-ring (bicyclic) bond motifs is 4. The number of allylic oxidation sites excluding steroid dienone is 1. The molecule has 0 unspecified atom stereocenters. The summed E-state index contributed by atoms with van der Waals surface area (Å²) in [6.45, 7) is 4.44. The number of rotatable bonds is 3. The highest BCUT2D eigenvalue weighted by Gasteiger charge is 2.34. The number of nitrogens with zero attached hydrogens (tertiary/aromatic N) is 1. The van der Waals surface area contributed by atoms with E-state index in [0.29, 0.717) is 54.1 Å². The lowest BCUT2D eigenvalue weighted by atomic mass is 9.99. The third kappa shape index (κ3) is 3.89. The Morgan fingerprint density at radius 2 is 1.84 bits per heavy atom. The summed E-state index contributed by atoms with van der Waals surface area (Å²) in [7, 11) is 0. The van der Waals surface area contributed by atoms with Crippen LogP contribution in [0.25, 0.3) is 6.08 Å². The molecule has 8 nitrogen and oxygen atoms in total. The molecular formula is C28H22ClNO7. The molecule has 0 bridgehead atoms. The zero-order valence-electron chi connectivity index (χ0n) is 20.0. The Hall–Kier alpha value is -3.72. The van der Waals surface area contributed by atoms with Gasteiger partial charge >= 0.3 is 0 Å². The molecule has 0 atom stereocenters. The molecule has 0 aromatic heterocycles. The normalized spacial score (nSPS) is 18.5. The first-order valence-corrected chi connectivity index (χ1v) is 12.3. The molecule has 4 aliphatic heterocycles. The summed E-state index contributed by atoms with van der Waals surface area (Å²) in [5.41, 5.74) is 4.88. The predicted octanol–water partition coefficient (Wildman–Crippen LogP) is 5.21. The Morgan fingerprint density at radius 3 is 2.76 bits per heavy atom. The number of ether oxygens (including phenoxy) is 6. The van der Waals surface area contributed by atoms with Crippen LogP contribution in [-0.2, 0) is 24.4 Å². The lowest BCUT2D eigenvalue weighted by Gasteiger charge is -2.30. The summed E-state index contributed by atoms with van der Waals surface area (Å²) in [5.74, 6) is 3.48. The number of carbonyl (C=O) groups excluding carboxylic acids is 1. The molecule has 0 saturated carbocycles. The molecule has 9 heteroatoms. The zero-order chi connectivity index (χ0) is 25.1. The van der Waals surface area contributed by atoms with E-state index in [1.54, 1.807) is 18.2 Å². The monoisotopic (exact) mass is 519 g/mol. The van der Waals surface area contributed by atoms with Gasteiger partial charge in [0, 0.05) is 40.4 Å². The van der Waals surface area contributed by atoms with Crippen molar-refractivity contribution in [1.29, 1.82) is 0 Å². The number of carbonyl (C=O) groups is 1. The number of hydrogen-bond donors (Lipinski definition) is 0. The highest BCUT2D eigenvalue weighted by Crippen LogP contribution is 2.44. The number of ketones is 1. The van der Waals surface area contributed by atoms with Gasteiger partial charge in [-0.1, -0.05) is 17.7 Å². The molecule has 3 aromatic rings. The van der Waals surface area contributed by atoms with Gasteiger partial charge in [0.15, 0.2) is 24.1 Å². The smallest absolute Gasteiger partial charge is 0.231 e. The molecular weight excluding hydrogens is 498 g/mol. The average molecular weight is 520 g/mol. The molecule has 0 radical (unpaired) electrons. The molecule has 0 saturated heterocycles. The van der Waals surface area contributed by atoms with Gasteiger partial charge in [0.05, 0.1) is 12.2 Å². The number of Topliss-reactive ketones (excluding diaryl/α,β-unsaturated/α-hetero) is 1. The largest absolute Gasteiger partial charge is 0.477 e. The van der Waals surface area contributed by atoms with E-state index in [1.807, 2.05) is 31.2 Å². The highest BCUT2D eigenvalue weighted by molar-refractivity contribution is 6.31. The molecule has 4 aliphatic rings. The lowest BCUT2D eigenvalue weighted by Crippen LogP contribution is -2.32. The second-order valence-corrected chi connectivity index (χ2v) is 9.78. The van der Waals surface area contributed by atoms with Gasteiger partial charge in [-0.2, -0.15) is 0 Å². The van der Waals surface area contributed by atoms with Crippen molar-refractivity contribution in [2.24, 2.45) is 0 Å². The van der Waals surface area contributed by atoms with Gasteiger partial charge in [0.25, 0.3) is 0 Å². The van der Waals surface area contributed by atoms with Crippen LogP contribution in [0.2, 0.25) is 5.02 Å². The second kappa shape index (κ2) is 8.69. The van der Waals surface area contributed by atoms with Crippen molar-refractivity contribution in [2.45, 2.75) is 26.6 Å².